The number of carbonyl (C=O) groups is 3. The summed E-state index contributed by atoms with van der Waals surface area (Å²) in [7, 11) is 2.86. The number of anilines is 1. The summed E-state index contributed by atoms with van der Waals surface area (Å²) in [6.07, 6.45) is -2.81. The lowest BCUT2D eigenvalue weighted by Crippen LogP contribution is -2.54. The highest BCUT2D eigenvalue weighted by molar-refractivity contribution is 8.14. The first-order chi connectivity index (χ1) is 15.5. The fourth-order valence-electron chi connectivity index (χ4n) is 3.35. The highest BCUT2D eigenvalue weighted by atomic mass is 35.5. The van der Waals surface area contributed by atoms with Crippen molar-refractivity contribution in [1.29, 1.82) is 0 Å². The Morgan fingerprint density at radius 2 is 2.00 bits per heavy atom. The molecule has 0 saturated heterocycles. The molecule has 1 fully saturated rings. The fraction of sp³-hybridized carbons (Fsp3) is 0.400. The lowest BCUT2D eigenvalue weighted by Gasteiger charge is -2.26. The van der Waals surface area contributed by atoms with E-state index in [0.29, 0.717) is 10.9 Å². The van der Waals surface area contributed by atoms with Gasteiger partial charge in [0.05, 0.1) is 36.1 Å². The monoisotopic (exact) mass is 500 g/mol. The number of fused-ring (bicyclic) bond motifs is 1. The molecule has 0 aromatic heterocycles. The van der Waals surface area contributed by atoms with Crippen molar-refractivity contribution in [3.05, 3.63) is 28.8 Å². The van der Waals surface area contributed by atoms with Crippen LogP contribution in [0.3, 0.4) is 0 Å². The number of aliphatic imine (C=N–C) groups is 2. The molecule has 2 aliphatic heterocycles. The van der Waals surface area contributed by atoms with Crippen molar-refractivity contribution in [2.75, 3.05) is 25.2 Å². The van der Waals surface area contributed by atoms with Crippen molar-refractivity contribution < 1.29 is 32.1 Å². The van der Waals surface area contributed by atoms with Crippen LogP contribution in [0.15, 0.2) is 28.2 Å². The van der Waals surface area contributed by atoms with Gasteiger partial charge in [-0.25, -0.2) is 9.79 Å². The number of imide groups is 1. The average Bonchev–Trinajstić information content (AvgIpc) is 3.60. The van der Waals surface area contributed by atoms with E-state index in [-0.39, 0.29) is 28.2 Å². The summed E-state index contributed by atoms with van der Waals surface area (Å²) in [4.78, 5) is 47.5. The third-order valence-corrected chi connectivity index (χ3v) is 6.67. The minimum Gasteiger partial charge on any atom is -0.324 e. The highest BCUT2D eigenvalue weighted by Gasteiger charge is 2.50. The molecule has 0 bridgehead atoms. The van der Waals surface area contributed by atoms with Gasteiger partial charge in [-0.1, -0.05) is 28.4 Å². The molecule has 1 aliphatic carbocycles. The molecule has 1 saturated carbocycles. The van der Waals surface area contributed by atoms with Crippen LogP contribution < -0.4 is 5.32 Å². The van der Waals surface area contributed by atoms with Crippen LogP contribution >= 0.6 is 23.4 Å². The van der Waals surface area contributed by atoms with E-state index in [1.54, 1.807) is 0 Å². The molecule has 0 radical (unpaired) electrons. The first kappa shape index (κ1) is 23.4. The van der Waals surface area contributed by atoms with Crippen molar-refractivity contribution in [1.82, 2.24) is 4.90 Å². The number of urea groups is 1. The number of amides is 4. The van der Waals surface area contributed by atoms with Crippen molar-refractivity contribution in [3.8, 4) is 0 Å². The molecule has 0 spiro atoms. The van der Waals surface area contributed by atoms with Crippen LogP contribution in [0.4, 0.5) is 23.7 Å². The Morgan fingerprint density at radius 1 is 1.30 bits per heavy atom. The van der Waals surface area contributed by atoms with Gasteiger partial charge in [0.25, 0.3) is 5.84 Å². The number of rotatable bonds is 4. The summed E-state index contributed by atoms with van der Waals surface area (Å²) >= 11 is 6.91. The summed E-state index contributed by atoms with van der Waals surface area (Å²) in [5.74, 6) is -1.42. The Kier molecular flexibility index (Phi) is 6.08. The molecule has 13 heteroatoms. The molecular weight excluding hydrogens is 483 g/mol. The van der Waals surface area contributed by atoms with Crippen molar-refractivity contribution >= 4 is 63.6 Å². The predicted octanol–water partition coefficient (Wildman–Crippen LogP) is 3.50. The maximum atomic E-state index is 13.0. The van der Waals surface area contributed by atoms with E-state index in [2.05, 4.69) is 15.3 Å². The molecule has 8 nitrogen and oxygen atoms in total. The quantitative estimate of drug-likeness (QED) is 0.640. The molecule has 4 rings (SSSR count). The van der Waals surface area contributed by atoms with Gasteiger partial charge < -0.3 is 5.32 Å². The Bertz CT molecular complexity index is 1160. The normalized spacial score (nSPS) is 21.0. The largest absolute Gasteiger partial charge is 0.445 e. The van der Waals surface area contributed by atoms with Gasteiger partial charge in [-0.15, -0.1) is 0 Å². The molecular formula is C20H18ClF3N5O3S+. The first-order valence-corrected chi connectivity index (χ1v) is 11.2. The molecule has 33 heavy (non-hydrogen) atoms. The number of thioether (sulfide) groups is 1. The molecule has 174 valence electrons. The van der Waals surface area contributed by atoms with Gasteiger partial charge in [-0.05, 0) is 31.0 Å². The molecule has 1 N–H and O–H groups in total. The minimum atomic E-state index is -4.59. The Hall–Kier alpha value is -2.73. The number of nitrogens with zero attached hydrogens (tertiary/aromatic N) is 4. The van der Waals surface area contributed by atoms with Crippen LogP contribution in [0.1, 0.15) is 18.4 Å². The van der Waals surface area contributed by atoms with Gasteiger partial charge in [0.15, 0.2) is 5.92 Å². The third-order valence-electron chi connectivity index (χ3n) is 5.32. The van der Waals surface area contributed by atoms with Crippen molar-refractivity contribution in [2.45, 2.75) is 19.0 Å². The molecule has 2 heterocycles. The number of alkyl halides is 3. The van der Waals surface area contributed by atoms with Gasteiger partial charge in [0, 0.05) is 5.92 Å². The van der Waals surface area contributed by atoms with E-state index in [4.69, 9.17) is 11.6 Å². The number of hydrogen-bond acceptors (Lipinski definition) is 6. The second kappa shape index (κ2) is 8.56. The van der Waals surface area contributed by atoms with E-state index in [0.717, 1.165) is 47.7 Å². The summed E-state index contributed by atoms with van der Waals surface area (Å²) in [6, 6.07) is 2.12. The van der Waals surface area contributed by atoms with Crippen LogP contribution in [0.25, 0.3) is 0 Å². The summed E-state index contributed by atoms with van der Waals surface area (Å²) in [5, 5.41) is 2.64. The van der Waals surface area contributed by atoms with E-state index in [1.165, 1.54) is 18.7 Å². The van der Waals surface area contributed by atoms with Gasteiger partial charge in [-0.2, -0.15) is 22.6 Å². The van der Waals surface area contributed by atoms with E-state index < -0.39 is 35.5 Å². The van der Waals surface area contributed by atoms with Crippen molar-refractivity contribution in [2.24, 2.45) is 21.8 Å². The number of amidine groups is 2. The molecule has 1 aromatic carbocycles. The molecule has 1 unspecified atom stereocenters. The number of carbonyl (C=O) groups excluding carboxylic acids is 3. The maximum Gasteiger partial charge on any atom is 0.445 e. The zero-order chi connectivity index (χ0) is 24.1. The van der Waals surface area contributed by atoms with Crippen molar-refractivity contribution in [3.63, 3.8) is 0 Å². The average molecular weight is 501 g/mol. The molecule has 1 atom stereocenters. The zero-order valence-corrected chi connectivity index (χ0v) is 19.0. The van der Waals surface area contributed by atoms with Crippen LogP contribution in [0.5, 0.6) is 0 Å². The number of halogens is 4. The van der Waals surface area contributed by atoms with Gasteiger partial charge in [-0.3, -0.25) is 9.59 Å². The summed E-state index contributed by atoms with van der Waals surface area (Å²) in [6.45, 7) is 0. The second-order valence-corrected chi connectivity index (χ2v) is 9.16. The van der Waals surface area contributed by atoms with E-state index in [9.17, 15) is 27.6 Å². The minimum absolute atomic E-state index is 0.0423. The summed E-state index contributed by atoms with van der Waals surface area (Å²) < 4.78 is 40.2. The topological polar surface area (TPSA) is 94.2 Å². The van der Waals surface area contributed by atoms with E-state index in [1.807, 2.05) is 0 Å². The first-order valence-electron chi connectivity index (χ1n) is 9.86. The number of benzene rings is 1. The standard InChI is InChI=1S/C20H17ClF3N5O3S/c1-28-16-14(18(31)29(2)19(28)32)17(27-15(26-16)9-3-4-9)33-8-13(30)25-12-7-10(20(22,23)24)5-6-11(12)21/h5-7,9,14H,3-4,8H2,1-2H3/p+1. The third kappa shape index (κ3) is 4.67. The maximum absolute atomic E-state index is 13.0. The van der Waals surface area contributed by atoms with Crippen LogP contribution in [0.2, 0.25) is 5.02 Å². The zero-order valence-electron chi connectivity index (χ0n) is 17.4. The van der Waals surface area contributed by atoms with Crippen LogP contribution in [-0.2, 0) is 15.8 Å². The molecule has 3 aliphatic rings. The Morgan fingerprint density at radius 3 is 2.64 bits per heavy atom. The number of hydrogen-bond donors (Lipinski definition) is 1. The SMILES string of the molecule is CN1C(=O)C2C(SCC(=O)Nc3cc(C(F)(F)F)ccc3Cl)=NC(C3CC3)=NC2=[N+](C)C1=O. The Balaban J connectivity index is 1.54. The Labute approximate surface area is 195 Å². The second-order valence-electron chi connectivity index (χ2n) is 7.75. The lowest BCUT2D eigenvalue weighted by molar-refractivity contribution is -0.407. The summed E-state index contributed by atoms with van der Waals surface area (Å²) in [5.41, 5.74) is -1.12. The predicted molar refractivity (Wildman–Crippen MR) is 118 cm³/mol. The van der Waals surface area contributed by atoms with Crippen LogP contribution in [-0.4, -0.2) is 63.9 Å². The van der Waals surface area contributed by atoms with Crippen LogP contribution in [0, 0.1) is 11.8 Å². The van der Waals surface area contributed by atoms with Gasteiger partial charge >= 0.3 is 18.1 Å². The van der Waals surface area contributed by atoms with Gasteiger partial charge in [0.1, 0.15) is 5.04 Å². The van der Waals surface area contributed by atoms with E-state index >= 15 is 0 Å². The number of nitrogens with one attached hydrogen (secondary N) is 1. The smallest absolute Gasteiger partial charge is 0.324 e. The highest BCUT2D eigenvalue weighted by Crippen LogP contribution is 2.36. The molecule has 4 amide bonds. The molecule has 1 aromatic rings. The lowest BCUT2D eigenvalue weighted by atomic mass is 10.0. The fourth-order valence-corrected chi connectivity index (χ4v) is 4.40. The van der Waals surface area contributed by atoms with Gasteiger partial charge in [0.2, 0.25) is 11.7 Å².